The summed E-state index contributed by atoms with van der Waals surface area (Å²) < 4.78 is 52.9. The predicted molar refractivity (Wildman–Crippen MR) is 95.1 cm³/mol. The van der Waals surface area contributed by atoms with E-state index in [2.05, 4.69) is 10.5 Å². The molecular formula is C19H16F3NO5. The number of rotatable bonds is 4. The quantitative estimate of drug-likeness (QED) is 0.525. The zero-order chi connectivity index (χ0) is 20.9. The van der Waals surface area contributed by atoms with Gasteiger partial charge in [0.15, 0.2) is 22.9 Å². The normalized spacial score (nSPS) is 10.8. The number of para-hydroxylation sites is 1. The van der Waals surface area contributed by atoms with E-state index in [4.69, 9.17) is 13.9 Å². The zero-order valence-electron chi connectivity index (χ0n) is 14.9. The Kier molecular flexibility index (Phi) is 6.29. The molecule has 0 saturated heterocycles. The maximum atomic E-state index is 12.7. The Balaban J connectivity index is 0.000000878. The number of ketones is 1. The molecule has 3 aromatic rings. The number of Topliss-reactive ketones (excluding diaryl/α,β-unsaturated/α-hetero) is 1. The fourth-order valence-corrected chi connectivity index (χ4v) is 2.57. The number of hydrogen-bond donors (Lipinski definition) is 1. The van der Waals surface area contributed by atoms with Crippen molar-refractivity contribution in [3.8, 4) is 22.6 Å². The molecule has 2 N–H and O–H groups in total. The smallest absolute Gasteiger partial charge is 0.493 e. The van der Waals surface area contributed by atoms with Crippen molar-refractivity contribution in [2.24, 2.45) is 5.73 Å². The summed E-state index contributed by atoms with van der Waals surface area (Å²) >= 11 is 0. The molecule has 0 fully saturated rings. The molecule has 0 radical (unpaired) electrons. The van der Waals surface area contributed by atoms with Crippen LogP contribution in [0.15, 0.2) is 46.9 Å². The third-order valence-corrected chi connectivity index (χ3v) is 3.62. The highest BCUT2D eigenvalue weighted by Crippen LogP contribution is 2.41. The predicted octanol–water partition coefficient (Wildman–Crippen LogP) is 4.31. The van der Waals surface area contributed by atoms with Crippen LogP contribution in [-0.4, -0.2) is 25.7 Å². The molecule has 0 spiro atoms. The van der Waals surface area contributed by atoms with E-state index in [0.717, 1.165) is 0 Å². The van der Waals surface area contributed by atoms with E-state index in [1.165, 1.54) is 38.3 Å². The van der Waals surface area contributed by atoms with E-state index in [9.17, 15) is 18.0 Å². The molecular weight excluding hydrogens is 379 g/mol. The first-order chi connectivity index (χ1) is 13.2. The summed E-state index contributed by atoms with van der Waals surface area (Å²) in [6.45, 7) is 1.34. The first kappa shape index (κ1) is 20.8. The van der Waals surface area contributed by atoms with E-state index in [1.54, 1.807) is 18.2 Å². The van der Waals surface area contributed by atoms with Gasteiger partial charge in [-0.25, -0.2) is 0 Å². The van der Waals surface area contributed by atoms with Gasteiger partial charge < -0.3 is 19.6 Å². The van der Waals surface area contributed by atoms with Crippen LogP contribution >= 0.6 is 0 Å². The average Bonchev–Trinajstić information content (AvgIpc) is 3.07. The van der Waals surface area contributed by atoms with Gasteiger partial charge in [0.25, 0.3) is 0 Å². The number of nitrogens with two attached hydrogens (primary N) is 1. The van der Waals surface area contributed by atoms with Crippen LogP contribution < -0.4 is 15.2 Å². The molecule has 148 valence electrons. The van der Waals surface area contributed by atoms with Crippen molar-refractivity contribution in [1.29, 1.82) is 0 Å². The Morgan fingerprint density at radius 1 is 1.11 bits per heavy atom. The number of methoxy groups -OCH3 is 1. The van der Waals surface area contributed by atoms with Crippen LogP contribution in [0.2, 0.25) is 0 Å². The van der Waals surface area contributed by atoms with Crippen LogP contribution in [-0.2, 0) is 4.79 Å². The van der Waals surface area contributed by atoms with Crippen molar-refractivity contribution in [3.63, 3.8) is 0 Å². The zero-order valence-corrected chi connectivity index (χ0v) is 14.9. The lowest BCUT2D eigenvalue weighted by Crippen LogP contribution is -2.17. The summed E-state index contributed by atoms with van der Waals surface area (Å²) in [7, 11) is 1.44. The second-order valence-electron chi connectivity index (χ2n) is 5.41. The van der Waals surface area contributed by atoms with Crippen molar-refractivity contribution in [2.45, 2.75) is 13.3 Å². The molecule has 0 bridgehead atoms. The van der Waals surface area contributed by atoms with Gasteiger partial charge in [-0.15, -0.1) is 13.2 Å². The third-order valence-electron chi connectivity index (χ3n) is 3.62. The van der Waals surface area contributed by atoms with Gasteiger partial charge in [-0.05, 0) is 29.8 Å². The van der Waals surface area contributed by atoms with Gasteiger partial charge in [0.1, 0.15) is 5.75 Å². The molecule has 3 rings (SSSR count). The molecule has 2 aromatic carbocycles. The summed E-state index contributed by atoms with van der Waals surface area (Å²) in [6, 6.07) is 10.4. The second-order valence-corrected chi connectivity index (χ2v) is 5.41. The molecule has 0 atom stereocenters. The molecule has 0 aliphatic carbocycles. The Labute approximate surface area is 157 Å². The summed E-state index contributed by atoms with van der Waals surface area (Å²) in [5.41, 5.74) is 5.11. The molecule has 9 heteroatoms. The van der Waals surface area contributed by atoms with Crippen molar-refractivity contribution >= 4 is 23.2 Å². The Morgan fingerprint density at radius 2 is 1.75 bits per heavy atom. The summed E-state index contributed by atoms with van der Waals surface area (Å²) in [4.78, 5) is 20.2. The summed E-state index contributed by atoms with van der Waals surface area (Å²) in [6.07, 6.45) is -4.57. The van der Waals surface area contributed by atoms with Crippen LogP contribution in [0.5, 0.6) is 11.5 Å². The molecule has 0 saturated carbocycles. The minimum atomic E-state index is -4.82. The van der Waals surface area contributed by atoms with E-state index < -0.39 is 6.36 Å². The molecule has 1 aromatic heterocycles. The Hall–Kier alpha value is -3.49. The molecule has 1 amide bonds. The molecule has 0 aliphatic heterocycles. The SMILES string of the molecule is COc1ccc(-c2ccccc2OC(F)(F)F)c2cc(C(C)=O)oc12.NC=O. The lowest BCUT2D eigenvalue weighted by molar-refractivity contribution is -0.274. The number of furan rings is 1. The number of alkyl halides is 3. The molecule has 28 heavy (non-hydrogen) atoms. The van der Waals surface area contributed by atoms with Crippen molar-refractivity contribution in [1.82, 2.24) is 0 Å². The van der Waals surface area contributed by atoms with Crippen LogP contribution in [0.25, 0.3) is 22.1 Å². The van der Waals surface area contributed by atoms with Crippen molar-refractivity contribution in [3.05, 3.63) is 48.2 Å². The molecule has 0 aliphatic rings. The van der Waals surface area contributed by atoms with Crippen LogP contribution in [0.3, 0.4) is 0 Å². The largest absolute Gasteiger partial charge is 0.573 e. The number of fused-ring (bicyclic) bond motifs is 1. The lowest BCUT2D eigenvalue weighted by atomic mass is 10.00. The van der Waals surface area contributed by atoms with Gasteiger partial charge in [-0.2, -0.15) is 0 Å². The first-order valence-electron chi connectivity index (χ1n) is 7.83. The number of halogens is 3. The Bertz CT molecular complexity index is 995. The first-order valence-corrected chi connectivity index (χ1v) is 7.83. The standard InChI is InChI=1S/C18H13F3O4.CH3NO/c1-10(22)16-9-13-11(7-8-15(23-2)17(13)24-16)12-5-3-4-6-14(12)25-18(19,20)21;2-1-3/h3-9H,1-2H3;1H,(H2,2,3). The molecule has 0 unspecified atom stereocenters. The van der Waals surface area contributed by atoms with Gasteiger partial charge >= 0.3 is 6.36 Å². The van der Waals surface area contributed by atoms with Gasteiger partial charge in [-0.1, -0.05) is 18.2 Å². The monoisotopic (exact) mass is 395 g/mol. The number of primary amides is 1. The van der Waals surface area contributed by atoms with E-state index in [-0.39, 0.29) is 34.8 Å². The number of hydrogen-bond acceptors (Lipinski definition) is 5. The number of amides is 1. The number of carbonyl (C=O) groups is 2. The van der Waals surface area contributed by atoms with Crippen LogP contribution in [0.1, 0.15) is 17.5 Å². The van der Waals surface area contributed by atoms with Crippen molar-refractivity contribution < 1.29 is 36.7 Å². The van der Waals surface area contributed by atoms with E-state index in [0.29, 0.717) is 16.7 Å². The van der Waals surface area contributed by atoms with E-state index in [1.807, 2.05) is 0 Å². The summed E-state index contributed by atoms with van der Waals surface area (Å²) in [5.74, 6) is -0.175. The summed E-state index contributed by atoms with van der Waals surface area (Å²) in [5, 5.41) is 0.461. The Morgan fingerprint density at radius 3 is 2.32 bits per heavy atom. The maximum absolute atomic E-state index is 12.7. The van der Waals surface area contributed by atoms with Crippen molar-refractivity contribution in [2.75, 3.05) is 7.11 Å². The van der Waals surface area contributed by atoms with E-state index >= 15 is 0 Å². The fourth-order valence-electron chi connectivity index (χ4n) is 2.57. The highest BCUT2D eigenvalue weighted by molar-refractivity contribution is 6.03. The fraction of sp³-hybridized carbons (Fsp3) is 0.158. The number of benzene rings is 2. The van der Waals surface area contributed by atoms with Gasteiger partial charge in [-0.3, -0.25) is 9.59 Å². The van der Waals surface area contributed by atoms with Gasteiger partial charge in [0.2, 0.25) is 6.41 Å². The van der Waals surface area contributed by atoms with Gasteiger partial charge in [0, 0.05) is 17.9 Å². The third kappa shape index (κ3) is 4.61. The van der Waals surface area contributed by atoms with Crippen LogP contribution in [0.4, 0.5) is 13.2 Å². The molecule has 1 heterocycles. The average molecular weight is 395 g/mol. The number of carbonyl (C=O) groups excluding carboxylic acids is 2. The van der Waals surface area contributed by atoms with Crippen LogP contribution in [0, 0.1) is 0 Å². The second kappa shape index (κ2) is 8.47. The minimum absolute atomic E-state index is 0.0926. The molecule has 6 nitrogen and oxygen atoms in total. The highest BCUT2D eigenvalue weighted by atomic mass is 19.4. The minimum Gasteiger partial charge on any atom is -0.493 e. The number of ether oxygens (including phenoxy) is 2. The highest BCUT2D eigenvalue weighted by Gasteiger charge is 2.32. The topological polar surface area (TPSA) is 91.8 Å². The van der Waals surface area contributed by atoms with Gasteiger partial charge in [0.05, 0.1) is 7.11 Å². The lowest BCUT2D eigenvalue weighted by Gasteiger charge is -2.14. The maximum Gasteiger partial charge on any atom is 0.573 e.